The Morgan fingerprint density at radius 2 is 1.61 bits per heavy atom. The Kier molecular flexibility index (Phi) is 4.45. The Morgan fingerprint density at radius 3 is 2.28 bits per heavy atom. The molecule has 18 heavy (non-hydrogen) atoms. The van der Waals surface area contributed by atoms with Gasteiger partial charge in [-0.1, -0.05) is 52.5 Å². The van der Waals surface area contributed by atoms with Crippen LogP contribution < -0.4 is 0 Å². The Morgan fingerprint density at radius 1 is 0.889 bits per heavy atom. The van der Waals surface area contributed by atoms with E-state index in [0.717, 1.165) is 16.7 Å². The van der Waals surface area contributed by atoms with E-state index in [1.54, 1.807) is 12.1 Å². The number of halogens is 4. The maximum atomic E-state index is 6.14. The van der Waals surface area contributed by atoms with Crippen LogP contribution >= 0.6 is 46.4 Å². The summed E-state index contributed by atoms with van der Waals surface area (Å²) >= 11 is 24.2. The van der Waals surface area contributed by atoms with Crippen LogP contribution in [-0.2, 0) is 6.42 Å². The fourth-order valence-electron chi connectivity index (χ4n) is 1.80. The molecule has 0 saturated carbocycles. The Labute approximate surface area is 126 Å². The first-order valence-electron chi connectivity index (χ1n) is 5.36. The van der Waals surface area contributed by atoms with Crippen LogP contribution in [0.15, 0.2) is 30.3 Å². The Hall–Kier alpha value is -0.400. The van der Waals surface area contributed by atoms with Crippen LogP contribution in [0.1, 0.15) is 16.7 Å². The molecule has 0 heterocycles. The molecule has 0 atom stereocenters. The maximum absolute atomic E-state index is 6.14. The van der Waals surface area contributed by atoms with E-state index in [9.17, 15) is 0 Å². The van der Waals surface area contributed by atoms with Crippen LogP contribution in [-0.4, -0.2) is 0 Å². The van der Waals surface area contributed by atoms with E-state index in [-0.39, 0.29) is 0 Å². The zero-order chi connectivity index (χ0) is 13.3. The molecule has 0 saturated heterocycles. The van der Waals surface area contributed by atoms with Crippen molar-refractivity contribution in [3.63, 3.8) is 0 Å². The number of hydrogen-bond acceptors (Lipinski definition) is 0. The monoisotopic (exact) mass is 318 g/mol. The fraction of sp³-hybridized carbons (Fsp3) is 0.143. The van der Waals surface area contributed by atoms with E-state index in [0.29, 0.717) is 26.5 Å². The van der Waals surface area contributed by atoms with Crippen molar-refractivity contribution < 1.29 is 0 Å². The van der Waals surface area contributed by atoms with Crippen molar-refractivity contribution in [2.45, 2.75) is 13.3 Å². The van der Waals surface area contributed by atoms with Gasteiger partial charge in [-0.25, -0.2) is 0 Å². The SMILES string of the molecule is Cc1cc(Cc2cc(Cl)ccc2Cl)cc(Cl)c1Cl. The second-order valence-electron chi connectivity index (χ2n) is 4.12. The summed E-state index contributed by atoms with van der Waals surface area (Å²) in [5.41, 5.74) is 2.99. The van der Waals surface area contributed by atoms with Crippen LogP contribution in [0, 0.1) is 6.92 Å². The molecule has 2 aromatic carbocycles. The van der Waals surface area contributed by atoms with E-state index in [4.69, 9.17) is 46.4 Å². The standard InChI is InChI=1S/C14H10Cl4/c1-8-4-9(6-13(17)14(8)18)5-10-7-11(15)2-3-12(10)16/h2-4,6-7H,5H2,1H3. The second-order valence-corrected chi connectivity index (χ2v) is 5.75. The number of rotatable bonds is 2. The van der Waals surface area contributed by atoms with Gasteiger partial charge in [0.2, 0.25) is 0 Å². The third-order valence-corrected chi connectivity index (χ3v) is 4.17. The molecular formula is C14H10Cl4. The third-order valence-electron chi connectivity index (χ3n) is 2.67. The highest BCUT2D eigenvalue weighted by atomic mass is 35.5. The lowest BCUT2D eigenvalue weighted by Gasteiger charge is -2.08. The van der Waals surface area contributed by atoms with Gasteiger partial charge in [0.15, 0.2) is 0 Å². The van der Waals surface area contributed by atoms with E-state index < -0.39 is 0 Å². The molecule has 0 nitrogen and oxygen atoms in total. The molecular weight excluding hydrogens is 310 g/mol. The van der Waals surface area contributed by atoms with Crippen molar-refractivity contribution in [3.8, 4) is 0 Å². The average Bonchev–Trinajstić information content (AvgIpc) is 2.31. The van der Waals surface area contributed by atoms with Crippen LogP contribution in [0.3, 0.4) is 0 Å². The second kappa shape index (κ2) is 5.71. The number of hydrogen-bond donors (Lipinski definition) is 0. The minimum Gasteiger partial charge on any atom is -0.0843 e. The highest BCUT2D eigenvalue weighted by Gasteiger charge is 2.07. The molecule has 2 aromatic rings. The smallest absolute Gasteiger partial charge is 0.0621 e. The molecule has 0 aromatic heterocycles. The van der Waals surface area contributed by atoms with Crippen LogP contribution in [0.2, 0.25) is 20.1 Å². The highest BCUT2D eigenvalue weighted by Crippen LogP contribution is 2.29. The van der Waals surface area contributed by atoms with Gasteiger partial charge in [-0.05, 0) is 54.3 Å². The molecule has 0 radical (unpaired) electrons. The molecule has 0 spiro atoms. The topological polar surface area (TPSA) is 0 Å². The number of benzene rings is 2. The molecule has 4 heteroatoms. The average molecular weight is 320 g/mol. The van der Waals surface area contributed by atoms with Crippen LogP contribution in [0.5, 0.6) is 0 Å². The summed E-state index contributed by atoms with van der Waals surface area (Å²) in [6, 6.07) is 9.29. The maximum Gasteiger partial charge on any atom is 0.0621 e. The van der Waals surface area contributed by atoms with Gasteiger partial charge in [0, 0.05) is 10.0 Å². The first-order chi connectivity index (χ1) is 8.47. The molecule has 2 rings (SSSR count). The molecule has 0 amide bonds. The van der Waals surface area contributed by atoms with Gasteiger partial charge >= 0.3 is 0 Å². The van der Waals surface area contributed by atoms with Crippen LogP contribution in [0.25, 0.3) is 0 Å². The Bertz CT molecular complexity index is 567. The van der Waals surface area contributed by atoms with Crippen molar-refractivity contribution in [3.05, 3.63) is 67.1 Å². The van der Waals surface area contributed by atoms with Gasteiger partial charge in [-0.2, -0.15) is 0 Å². The quantitative estimate of drug-likeness (QED) is 0.618. The minimum atomic E-state index is 0.560. The van der Waals surface area contributed by atoms with Crippen molar-refractivity contribution in [1.82, 2.24) is 0 Å². The largest absolute Gasteiger partial charge is 0.0843 e. The zero-order valence-electron chi connectivity index (χ0n) is 9.61. The van der Waals surface area contributed by atoms with E-state index in [1.165, 1.54) is 0 Å². The summed E-state index contributed by atoms with van der Waals surface area (Å²) in [5.74, 6) is 0. The minimum absolute atomic E-state index is 0.560. The summed E-state index contributed by atoms with van der Waals surface area (Å²) in [6.07, 6.45) is 0.678. The van der Waals surface area contributed by atoms with E-state index >= 15 is 0 Å². The van der Waals surface area contributed by atoms with Gasteiger partial charge in [0.1, 0.15) is 0 Å². The molecule has 94 valence electrons. The van der Waals surface area contributed by atoms with Crippen molar-refractivity contribution in [2.24, 2.45) is 0 Å². The summed E-state index contributed by atoms with van der Waals surface area (Å²) in [6.45, 7) is 1.93. The van der Waals surface area contributed by atoms with Gasteiger partial charge in [-0.3, -0.25) is 0 Å². The van der Waals surface area contributed by atoms with Crippen molar-refractivity contribution in [2.75, 3.05) is 0 Å². The van der Waals surface area contributed by atoms with Gasteiger partial charge in [0.25, 0.3) is 0 Å². The summed E-state index contributed by atoms with van der Waals surface area (Å²) < 4.78 is 0. The van der Waals surface area contributed by atoms with Crippen molar-refractivity contribution in [1.29, 1.82) is 0 Å². The molecule has 0 bridgehead atoms. The lowest BCUT2D eigenvalue weighted by Crippen LogP contribution is -1.91. The predicted molar refractivity (Wildman–Crippen MR) is 80.5 cm³/mol. The molecule has 0 aliphatic rings. The summed E-state index contributed by atoms with van der Waals surface area (Å²) in [7, 11) is 0. The predicted octanol–water partition coefficient (Wildman–Crippen LogP) is 6.20. The first kappa shape index (κ1) is 14.0. The third kappa shape index (κ3) is 3.13. The summed E-state index contributed by atoms with van der Waals surface area (Å²) in [4.78, 5) is 0. The van der Waals surface area contributed by atoms with E-state index in [1.807, 2.05) is 25.1 Å². The van der Waals surface area contributed by atoms with Gasteiger partial charge in [-0.15, -0.1) is 0 Å². The fourth-order valence-corrected chi connectivity index (χ4v) is 2.58. The molecule has 0 aliphatic carbocycles. The number of aryl methyl sites for hydroxylation is 1. The molecule has 0 fully saturated rings. The lowest BCUT2D eigenvalue weighted by atomic mass is 10.0. The molecule has 0 unspecified atom stereocenters. The highest BCUT2D eigenvalue weighted by molar-refractivity contribution is 6.42. The van der Waals surface area contributed by atoms with Gasteiger partial charge in [0.05, 0.1) is 10.0 Å². The zero-order valence-corrected chi connectivity index (χ0v) is 12.6. The summed E-state index contributed by atoms with van der Waals surface area (Å²) in [5, 5.41) is 2.52. The Balaban J connectivity index is 2.37. The molecule has 0 aliphatic heterocycles. The van der Waals surface area contributed by atoms with Crippen LogP contribution in [0.4, 0.5) is 0 Å². The van der Waals surface area contributed by atoms with E-state index in [2.05, 4.69) is 0 Å². The normalized spacial score (nSPS) is 10.7. The molecule has 0 N–H and O–H groups in total. The van der Waals surface area contributed by atoms with Gasteiger partial charge < -0.3 is 0 Å². The van der Waals surface area contributed by atoms with Crippen molar-refractivity contribution >= 4 is 46.4 Å². The lowest BCUT2D eigenvalue weighted by molar-refractivity contribution is 1.18. The first-order valence-corrected chi connectivity index (χ1v) is 6.87.